The summed E-state index contributed by atoms with van der Waals surface area (Å²) in [6.07, 6.45) is 3.90. The van der Waals surface area contributed by atoms with Gasteiger partial charge >= 0.3 is 0 Å². The second kappa shape index (κ2) is 6.62. The summed E-state index contributed by atoms with van der Waals surface area (Å²) in [5, 5.41) is 10.8. The average molecular weight is 363 g/mol. The van der Waals surface area contributed by atoms with E-state index in [1.165, 1.54) is 0 Å². The Labute approximate surface area is 138 Å². The first-order valence-electron chi connectivity index (χ1n) is 7.49. The van der Waals surface area contributed by atoms with E-state index in [9.17, 15) is 4.79 Å². The van der Waals surface area contributed by atoms with Gasteiger partial charge in [-0.1, -0.05) is 22.0 Å². The Morgan fingerprint density at radius 1 is 1.45 bits per heavy atom. The van der Waals surface area contributed by atoms with E-state index in [0.717, 1.165) is 29.5 Å². The SMILES string of the molecule is CC1NCCCC1NC(=O)c1ccn(-c2cccc(Br)c2)n1. The molecule has 1 aliphatic heterocycles. The topological polar surface area (TPSA) is 58.9 Å². The second-order valence-electron chi connectivity index (χ2n) is 5.59. The van der Waals surface area contributed by atoms with Crippen molar-refractivity contribution in [3.8, 4) is 5.69 Å². The maximum atomic E-state index is 12.3. The summed E-state index contributed by atoms with van der Waals surface area (Å²) in [4.78, 5) is 12.3. The summed E-state index contributed by atoms with van der Waals surface area (Å²) in [6, 6.07) is 10.0. The number of halogens is 1. The molecule has 1 fully saturated rings. The minimum atomic E-state index is -0.116. The number of carbonyl (C=O) groups is 1. The van der Waals surface area contributed by atoms with E-state index in [-0.39, 0.29) is 11.9 Å². The van der Waals surface area contributed by atoms with Gasteiger partial charge in [0.25, 0.3) is 5.91 Å². The summed E-state index contributed by atoms with van der Waals surface area (Å²) in [6.45, 7) is 3.12. The van der Waals surface area contributed by atoms with E-state index in [4.69, 9.17) is 0 Å². The lowest BCUT2D eigenvalue weighted by molar-refractivity contribution is 0.0914. The number of hydrogen-bond acceptors (Lipinski definition) is 3. The number of hydrogen-bond donors (Lipinski definition) is 2. The van der Waals surface area contributed by atoms with Gasteiger partial charge in [0.15, 0.2) is 5.69 Å². The molecular weight excluding hydrogens is 344 g/mol. The Balaban J connectivity index is 1.71. The summed E-state index contributed by atoms with van der Waals surface area (Å²) in [5.41, 5.74) is 1.36. The highest BCUT2D eigenvalue weighted by Crippen LogP contribution is 2.15. The van der Waals surface area contributed by atoms with Crippen LogP contribution in [0.15, 0.2) is 41.0 Å². The number of amides is 1. The maximum Gasteiger partial charge on any atom is 0.272 e. The number of benzene rings is 1. The van der Waals surface area contributed by atoms with E-state index < -0.39 is 0 Å². The van der Waals surface area contributed by atoms with Crippen molar-refractivity contribution in [2.75, 3.05) is 6.54 Å². The van der Waals surface area contributed by atoms with Gasteiger partial charge in [-0.15, -0.1) is 0 Å². The van der Waals surface area contributed by atoms with Crippen LogP contribution in [0.5, 0.6) is 0 Å². The average Bonchev–Trinajstić information content (AvgIpc) is 2.99. The van der Waals surface area contributed by atoms with Crippen molar-refractivity contribution in [2.24, 2.45) is 0 Å². The molecule has 2 N–H and O–H groups in total. The van der Waals surface area contributed by atoms with Crippen LogP contribution >= 0.6 is 15.9 Å². The molecular formula is C16H19BrN4O. The van der Waals surface area contributed by atoms with E-state index in [1.54, 1.807) is 16.9 Å². The van der Waals surface area contributed by atoms with Crippen molar-refractivity contribution >= 4 is 21.8 Å². The van der Waals surface area contributed by atoms with Crippen LogP contribution in [0.1, 0.15) is 30.3 Å². The van der Waals surface area contributed by atoms with Crippen LogP contribution in [0.2, 0.25) is 0 Å². The number of rotatable bonds is 3. The fraction of sp³-hybridized carbons (Fsp3) is 0.375. The van der Waals surface area contributed by atoms with Crippen LogP contribution in [0.3, 0.4) is 0 Å². The smallest absolute Gasteiger partial charge is 0.272 e. The molecule has 1 aliphatic rings. The molecule has 2 atom stereocenters. The molecule has 2 heterocycles. The van der Waals surface area contributed by atoms with Gasteiger partial charge in [0.2, 0.25) is 0 Å². The van der Waals surface area contributed by atoms with Crippen LogP contribution in [0.25, 0.3) is 5.69 Å². The summed E-state index contributed by atoms with van der Waals surface area (Å²) in [7, 11) is 0. The van der Waals surface area contributed by atoms with Gasteiger partial charge in [-0.25, -0.2) is 4.68 Å². The zero-order chi connectivity index (χ0) is 15.5. The van der Waals surface area contributed by atoms with Crippen molar-refractivity contribution < 1.29 is 4.79 Å². The largest absolute Gasteiger partial charge is 0.346 e. The van der Waals surface area contributed by atoms with Gasteiger partial charge in [0, 0.05) is 22.8 Å². The fourth-order valence-electron chi connectivity index (χ4n) is 2.69. The predicted octanol–water partition coefficient (Wildman–Crippen LogP) is 2.51. The molecule has 1 saturated heterocycles. The van der Waals surface area contributed by atoms with Crippen LogP contribution in [0.4, 0.5) is 0 Å². The lowest BCUT2D eigenvalue weighted by atomic mass is 10.00. The van der Waals surface area contributed by atoms with E-state index >= 15 is 0 Å². The van der Waals surface area contributed by atoms with Gasteiger partial charge in [-0.05, 0) is 50.6 Å². The standard InChI is InChI=1S/C16H19BrN4O/c1-11-14(6-3-8-18-11)19-16(22)15-7-9-21(20-15)13-5-2-4-12(17)10-13/h2,4-5,7,9-11,14,18H,3,6,8H2,1H3,(H,19,22). The highest BCUT2D eigenvalue weighted by Gasteiger charge is 2.23. The van der Waals surface area contributed by atoms with Crippen LogP contribution in [0, 0.1) is 0 Å². The lowest BCUT2D eigenvalue weighted by Crippen LogP contribution is -2.52. The molecule has 5 nitrogen and oxygen atoms in total. The Bertz CT molecular complexity index is 670. The van der Waals surface area contributed by atoms with E-state index in [2.05, 4.69) is 38.6 Å². The molecule has 0 saturated carbocycles. The third kappa shape index (κ3) is 3.39. The molecule has 2 aromatic rings. The monoisotopic (exact) mass is 362 g/mol. The number of aromatic nitrogens is 2. The molecule has 22 heavy (non-hydrogen) atoms. The molecule has 2 unspecified atom stereocenters. The predicted molar refractivity (Wildman–Crippen MR) is 89.2 cm³/mol. The number of carbonyl (C=O) groups excluding carboxylic acids is 1. The Morgan fingerprint density at radius 3 is 3.09 bits per heavy atom. The van der Waals surface area contributed by atoms with Crippen LogP contribution in [-0.2, 0) is 0 Å². The molecule has 0 spiro atoms. The third-order valence-corrected chi connectivity index (χ3v) is 4.47. The summed E-state index contributed by atoms with van der Waals surface area (Å²) >= 11 is 3.44. The van der Waals surface area contributed by atoms with Crippen molar-refractivity contribution in [3.05, 3.63) is 46.7 Å². The van der Waals surface area contributed by atoms with E-state index in [0.29, 0.717) is 11.7 Å². The number of nitrogens with one attached hydrogen (secondary N) is 2. The zero-order valence-electron chi connectivity index (χ0n) is 12.4. The quantitative estimate of drug-likeness (QED) is 0.881. The lowest BCUT2D eigenvalue weighted by Gasteiger charge is -2.30. The molecule has 1 amide bonds. The van der Waals surface area contributed by atoms with Gasteiger partial charge in [-0.2, -0.15) is 5.10 Å². The minimum Gasteiger partial charge on any atom is -0.346 e. The Hall–Kier alpha value is -1.66. The number of nitrogens with zero attached hydrogens (tertiary/aromatic N) is 2. The van der Waals surface area contributed by atoms with Crippen LogP contribution < -0.4 is 10.6 Å². The third-order valence-electron chi connectivity index (χ3n) is 3.97. The number of piperidine rings is 1. The van der Waals surface area contributed by atoms with Crippen molar-refractivity contribution in [2.45, 2.75) is 31.8 Å². The molecule has 116 valence electrons. The molecule has 0 radical (unpaired) electrons. The van der Waals surface area contributed by atoms with Gasteiger partial charge in [-0.3, -0.25) is 4.79 Å². The van der Waals surface area contributed by atoms with Crippen molar-refractivity contribution in [1.82, 2.24) is 20.4 Å². The normalized spacial score (nSPS) is 21.5. The van der Waals surface area contributed by atoms with E-state index in [1.807, 2.05) is 24.3 Å². The summed E-state index contributed by atoms with van der Waals surface area (Å²) < 4.78 is 2.69. The van der Waals surface area contributed by atoms with Gasteiger partial charge in [0.05, 0.1) is 5.69 Å². The highest BCUT2D eigenvalue weighted by molar-refractivity contribution is 9.10. The minimum absolute atomic E-state index is 0.116. The first-order valence-corrected chi connectivity index (χ1v) is 8.28. The van der Waals surface area contributed by atoms with Crippen LogP contribution in [-0.4, -0.2) is 34.3 Å². The molecule has 3 rings (SSSR count). The zero-order valence-corrected chi connectivity index (χ0v) is 14.0. The fourth-order valence-corrected chi connectivity index (χ4v) is 3.08. The Morgan fingerprint density at radius 2 is 2.32 bits per heavy atom. The second-order valence-corrected chi connectivity index (χ2v) is 6.51. The molecule has 0 bridgehead atoms. The Kier molecular flexibility index (Phi) is 4.59. The molecule has 1 aromatic carbocycles. The molecule has 1 aromatic heterocycles. The highest BCUT2D eigenvalue weighted by atomic mass is 79.9. The van der Waals surface area contributed by atoms with Crippen molar-refractivity contribution in [3.63, 3.8) is 0 Å². The summed E-state index contributed by atoms with van der Waals surface area (Å²) in [5.74, 6) is -0.116. The first kappa shape index (κ1) is 15.2. The van der Waals surface area contributed by atoms with Crippen molar-refractivity contribution in [1.29, 1.82) is 0 Å². The van der Waals surface area contributed by atoms with Gasteiger partial charge in [0.1, 0.15) is 0 Å². The maximum absolute atomic E-state index is 12.3. The molecule has 0 aliphatic carbocycles. The molecule has 6 heteroatoms. The van der Waals surface area contributed by atoms with Gasteiger partial charge < -0.3 is 10.6 Å². The first-order chi connectivity index (χ1) is 10.6.